The molecular formula is C22H30N4O3S. The van der Waals surface area contributed by atoms with Crippen LogP contribution in [0.25, 0.3) is 0 Å². The Bertz CT molecular complexity index is 1070. The fourth-order valence-corrected chi connectivity index (χ4v) is 6.60. The quantitative estimate of drug-likeness (QED) is 0.750. The molecule has 162 valence electrons. The lowest BCUT2D eigenvalue weighted by Crippen LogP contribution is -2.50. The van der Waals surface area contributed by atoms with Crippen molar-refractivity contribution in [2.45, 2.75) is 58.4 Å². The molecule has 4 rings (SSSR count). The Kier molecular flexibility index (Phi) is 5.48. The van der Waals surface area contributed by atoms with Gasteiger partial charge >= 0.3 is 0 Å². The van der Waals surface area contributed by atoms with Crippen molar-refractivity contribution in [3.05, 3.63) is 45.8 Å². The number of hydrogen-bond acceptors (Lipinski definition) is 4. The van der Waals surface area contributed by atoms with Crippen LogP contribution < -0.4 is 0 Å². The highest BCUT2D eigenvalue weighted by Gasteiger charge is 2.34. The van der Waals surface area contributed by atoms with Crippen molar-refractivity contribution in [3.8, 4) is 0 Å². The molecule has 2 aliphatic heterocycles. The van der Waals surface area contributed by atoms with Crippen molar-refractivity contribution in [1.82, 2.24) is 19.0 Å². The second-order valence-electron chi connectivity index (χ2n) is 8.47. The second kappa shape index (κ2) is 7.81. The number of carbonyl (C=O) groups excluding carboxylic acids is 1. The third-order valence-electron chi connectivity index (χ3n) is 6.63. The van der Waals surface area contributed by atoms with Crippen molar-refractivity contribution in [1.29, 1.82) is 0 Å². The van der Waals surface area contributed by atoms with E-state index in [0.717, 1.165) is 53.8 Å². The molecule has 0 atom stereocenters. The van der Waals surface area contributed by atoms with Crippen molar-refractivity contribution in [2.24, 2.45) is 0 Å². The molecule has 1 saturated heterocycles. The normalized spacial score (nSPS) is 17.8. The molecule has 0 bridgehead atoms. The van der Waals surface area contributed by atoms with Crippen LogP contribution in [-0.2, 0) is 23.0 Å². The van der Waals surface area contributed by atoms with Crippen LogP contribution in [0.5, 0.6) is 0 Å². The topological polar surface area (TPSA) is 75.5 Å². The Morgan fingerprint density at radius 1 is 0.933 bits per heavy atom. The largest absolute Gasteiger partial charge is 0.336 e. The summed E-state index contributed by atoms with van der Waals surface area (Å²) in [5, 5.41) is 4.37. The summed E-state index contributed by atoms with van der Waals surface area (Å²) >= 11 is 0. The van der Waals surface area contributed by atoms with Gasteiger partial charge < -0.3 is 4.90 Å². The first-order chi connectivity index (χ1) is 14.2. The van der Waals surface area contributed by atoms with E-state index in [9.17, 15) is 13.2 Å². The Balaban J connectivity index is 1.52. The molecule has 0 saturated carbocycles. The maximum Gasteiger partial charge on any atom is 0.257 e. The highest BCUT2D eigenvalue weighted by Crippen LogP contribution is 2.29. The molecule has 2 aromatic rings. The summed E-state index contributed by atoms with van der Waals surface area (Å²) in [6, 6.07) is 2.03. The molecule has 0 aliphatic carbocycles. The Morgan fingerprint density at radius 2 is 1.57 bits per heavy atom. The molecule has 1 amide bonds. The second-order valence-corrected chi connectivity index (χ2v) is 10.3. The van der Waals surface area contributed by atoms with Gasteiger partial charge in [0.1, 0.15) is 0 Å². The number of nitrogens with zero attached hydrogens (tertiary/aromatic N) is 4. The summed E-state index contributed by atoms with van der Waals surface area (Å²) in [6.07, 6.45) is 4.72. The van der Waals surface area contributed by atoms with Gasteiger partial charge in [-0.3, -0.25) is 9.48 Å². The summed E-state index contributed by atoms with van der Waals surface area (Å²) in [5.74, 6) is -0.0334. The van der Waals surface area contributed by atoms with Gasteiger partial charge in [-0.2, -0.15) is 9.40 Å². The van der Waals surface area contributed by atoms with E-state index in [1.165, 1.54) is 4.31 Å². The Labute approximate surface area is 178 Å². The molecular weight excluding hydrogens is 400 g/mol. The lowest BCUT2D eigenvalue weighted by Gasteiger charge is -2.35. The molecule has 2 aliphatic rings. The lowest BCUT2D eigenvalue weighted by atomic mass is 10.0. The predicted octanol–water partition coefficient (Wildman–Crippen LogP) is 2.60. The molecule has 1 aromatic carbocycles. The summed E-state index contributed by atoms with van der Waals surface area (Å²) in [4.78, 5) is 15.2. The number of hydrogen-bond donors (Lipinski definition) is 0. The molecule has 1 fully saturated rings. The van der Waals surface area contributed by atoms with Gasteiger partial charge in [0.2, 0.25) is 10.0 Å². The van der Waals surface area contributed by atoms with Gasteiger partial charge in [-0.1, -0.05) is 6.07 Å². The van der Waals surface area contributed by atoms with Gasteiger partial charge in [0, 0.05) is 32.7 Å². The minimum absolute atomic E-state index is 0.0334. The minimum Gasteiger partial charge on any atom is -0.336 e. The Hall–Kier alpha value is -2.19. The van der Waals surface area contributed by atoms with Crippen molar-refractivity contribution in [2.75, 3.05) is 26.2 Å². The third-order valence-corrected chi connectivity index (χ3v) is 8.81. The predicted molar refractivity (Wildman–Crippen MR) is 115 cm³/mol. The molecule has 0 radical (unpaired) electrons. The van der Waals surface area contributed by atoms with E-state index in [2.05, 4.69) is 5.10 Å². The van der Waals surface area contributed by atoms with Crippen LogP contribution in [0.2, 0.25) is 0 Å². The number of fused-ring (bicyclic) bond motifs is 1. The maximum atomic E-state index is 13.4. The number of amides is 1. The zero-order chi connectivity index (χ0) is 21.6. The molecule has 1 aromatic heterocycles. The number of carbonyl (C=O) groups is 1. The van der Waals surface area contributed by atoms with E-state index in [-0.39, 0.29) is 5.91 Å². The standard InChI is InChI=1S/C22H30N4O3S/c1-15-13-16(2)18(4)21(17(15)3)30(28,29)25-11-9-24(10-12-25)22(27)19-14-23-26-8-6-5-7-20(19)26/h13-14H,5-12H2,1-4H3. The number of sulfonamides is 1. The number of benzene rings is 1. The molecule has 0 unspecified atom stereocenters. The van der Waals surface area contributed by atoms with Crippen molar-refractivity contribution in [3.63, 3.8) is 0 Å². The van der Waals surface area contributed by atoms with Gasteiger partial charge in [0.25, 0.3) is 5.91 Å². The van der Waals surface area contributed by atoms with E-state index in [0.29, 0.717) is 36.6 Å². The van der Waals surface area contributed by atoms with Crippen molar-refractivity contribution >= 4 is 15.9 Å². The van der Waals surface area contributed by atoms with Crippen LogP contribution in [0.15, 0.2) is 17.2 Å². The molecule has 7 nitrogen and oxygen atoms in total. The van der Waals surface area contributed by atoms with E-state index in [1.54, 1.807) is 11.1 Å². The van der Waals surface area contributed by atoms with Crippen LogP contribution in [0.4, 0.5) is 0 Å². The van der Waals surface area contributed by atoms with Gasteiger partial charge in [-0.25, -0.2) is 8.42 Å². The van der Waals surface area contributed by atoms with E-state index in [4.69, 9.17) is 0 Å². The highest BCUT2D eigenvalue weighted by molar-refractivity contribution is 7.89. The van der Waals surface area contributed by atoms with Gasteiger partial charge in [0.05, 0.1) is 22.3 Å². The molecule has 3 heterocycles. The highest BCUT2D eigenvalue weighted by atomic mass is 32.2. The van der Waals surface area contributed by atoms with Crippen LogP contribution in [0, 0.1) is 27.7 Å². The average molecular weight is 431 g/mol. The fraction of sp³-hybridized carbons (Fsp3) is 0.545. The lowest BCUT2D eigenvalue weighted by molar-refractivity contribution is 0.0696. The summed E-state index contributed by atoms with van der Waals surface area (Å²) < 4.78 is 30.3. The zero-order valence-corrected chi connectivity index (χ0v) is 19.0. The molecule has 30 heavy (non-hydrogen) atoms. The van der Waals surface area contributed by atoms with E-state index >= 15 is 0 Å². The SMILES string of the molecule is Cc1cc(C)c(C)c(S(=O)(=O)N2CCN(C(=O)c3cnn4c3CCCC4)CC2)c1C. The molecule has 0 spiro atoms. The smallest absolute Gasteiger partial charge is 0.257 e. The third kappa shape index (κ3) is 3.46. The number of rotatable bonds is 3. The van der Waals surface area contributed by atoms with E-state index in [1.807, 2.05) is 38.4 Å². The summed E-state index contributed by atoms with van der Waals surface area (Å²) in [5.41, 5.74) is 5.27. The van der Waals surface area contributed by atoms with Crippen LogP contribution in [0.3, 0.4) is 0 Å². The van der Waals surface area contributed by atoms with Crippen molar-refractivity contribution < 1.29 is 13.2 Å². The first-order valence-corrected chi connectivity index (χ1v) is 12.1. The first kappa shape index (κ1) is 21.1. The summed E-state index contributed by atoms with van der Waals surface area (Å²) in [6.45, 7) is 9.91. The van der Waals surface area contributed by atoms with Crippen LogP contribution in [-0.4, -0.2) is 59.5 Å². The molecule has 0 N–H and O–H groups in total. The average Bonchev–Trinajstić information content (AvgIpc) is 3.16. The minimum atomic E-state index is -3.61. The monoisotopic (exact) mass is 430 g/mol. The van der Waals surface area contributed by atoms with Crippen LogP contribution >= 0.6 is 0 Å². The van der Waals surface area contributed by atoms with Gasteiger partial charge in [0.15, 0.2) is 0 Å². The maximum absolute atomic E-state index is 13.4. The van der Waals surface area contributed by atoms with E-state index < -0.39 is 10.0 Å². The molecule has 8 heteroatoms. The first-order valence-electron chi connectivity index (χ1n) is 10.6. The van der Waals surface area contributed by atoms with Gasteiger partial charge in [-0.05, 0) is 69.2 Å². The van der Waals surface area contributed by atoms with Crippen LogP contribution in [0.1, 0.15) is 51.1 Å². The number of aromatic nitrogens is 2. The zero-order valence-electron chi connectivity index (χ0n) is 18.2. The van der Waals surface area contributed by atoms with Gasteiger partial charge in [-0.15, -0.1) is 0 Å². The number of piperazine rings is 1. The number of aryl methyl sites for hydroxylation is 3. The Morgan fingerprint density at radius 3 is 2.20 bits per heavy atom. The fourth-order valence-electron chi connectivity index (χ4n) is 4.60. The summed E-state index contributed by atoms with van der Waals surface area (Å²) in [7, 11) is -3.61.